The van der Waals surface area contributed by atoms with Gasteiger partial charge in [-0.25, -0.2) is 0 Å². The van der Waals surface area contributed by atoms with Gasteiger partial charge in [0.25, 0.3) is 10.1 Å². The zero-order valence-corrected chi connectivity index (χ0v) is 14.9. The van der Waals surface area contributed by atoms with E-state index in [1.165, 1.54) is 0 Å². The number of ether oxygens (including phenoxy) is 1. The first kappa shape index (κ1) is 17.2. The van der Waals surface area contributed by atoms with Crippen LogP contribution >= 0.6 is 0 Å². The summed E-state index contributed by atoms with van der Waals surface area (Å²) in [5, 5.41) is 11.6. The Hall–Kier alpha value is -0.660. The second kappa shape index (κ2) is 5.17. The van der Waals surface area contributed by atoms with Gasteiger partial charge in [-0.3, -0.25) is 8.98 Å². The molecule has 132 valence electrons. The fourth-order valence-corrected chi connectivity index (χ4v) is 5.86. The number of fused-ring (bicyclic) bond motifs is 3. The van der Waals surface area contributed by atoms with Crippen LogP contribution in [-0.2, 0) is 23.8 Å². The number of carbonyl (C=O) groups excluding carboxylic acids is 1. The third-order valence-electron chi connectivity index (χ3n) is 6.61. The Kier molecular flexibility index (Phi) is 3.86. The molecule has 1 N–H and O–H groups in total. The zero-order chi connectivity index (χ0) is 17.2. The van der Waals surface area contributed by atoms with Crippen molar-refractivity contribution in [3.05, 3.63) is 0 Å². The molecule has 1 aliphatic heterocycles. The van der Waals surface area contributed by atoms with Crippen LogP contribution in [-0.4, -0.2) is 43.6 Å². The van der Waals surface area contributed by atoms with Crippen molar-refractivity contribution in [1.29, 1.82) is 0 Å². The van der Waals surface area contributed by atoms with Gasteiger partial charge in [0, 0.05) is 11.3 Å². The average molecular weight is 346 g/mol. The van der Waals surface area contributed by atoms with Crippen molar-refractivity contribution in [2.75, 3.05) is 6.26 Å². The van der Waals surface area contributed by atoms with Crippen LogP contribution in [0.25, 0.3) is 0 Å². The Balaban J connectivity index is 2.02. The molecule has 3 aliphatic rings. The topological polar surface area (TPSA) is 89.9 Å². The predicted molar refractivity (Wildman–Crippen MR) is 82.9 cm³/mol. The van der Waals surface area contributed by atoms with Crippen LogP contribution in [0, 0.1) is 23.2 Å². The van der Waals surface area contributed by atoms with Gasteiger partial charge in [-0.15, -0.1) is 0 Å². The van der Waals surface area contributed by atoms with E-state index in [0.717, 1.165) is 12.7 Å². The van der Waals surface area contributed by atoms with Crippen LogP contribution in [0.5, 0.6) is 0 Å². The summed E-state index contributed by atoms with van der Waals surface area (Å²) in [7, 11) is -3.62. The maximum absolute atomic E-state index is 12.0. The quantitative estimate of drug-likeness (QED) is 0.601. The summed E-state index contributed by atoms with van der Waals surface area (Å²) >= 11 is 0. The van der Waals surface area contributed by atoms with Crippen molar-refractivity contribution in [3.8, 4) is 0 Å². The number of hydrogen-bond acceptors (Lipinski definition) is 6. The smallest absolute Gasteiger partial charge is 0.309 e. The van der Waals surface area contributed by atoms with E-state index in [1.54, 1.807) is 0 Å². The van der Waals surface area contributed by atoms with E-state index in [1.807, 2.05) is 20.8 Å². The maximum Gasteiger partial charge on any atom is 0.309 e. The Morgan fingerprint density at radius 1 is 1.26 bits per heavy atom. The molecule has 0 unspecified atom stereocenters. The number of carbonyl (C=O) groups is 1. The van der Waals surface area contributed by atoms with E-state index >= 15 is 0 Å². The van der Waals surface area contributed by atoms with Crippen LogP contribution in [0.4, 0.5) is 0 Å². The van der Waals surface area contributed by atoms with Gasteiger partial charge in [0.05, 0.1) is 18.3 Å². The van der Waals surface area contributed by atoms with Crippen molar-refractivity contribution in [1.82, 2.24) is 0 Å². The molecule has 0 aromatic carbocycles. The highest BCUT2D eigenvalue weighted by molar-refractivity contribution is 7.86. The maximum atomic E-state index is 12.0. The molecule has 7 atom stereocenters. The van der Waals surface area contributed by atoms with Gasteiger partial charge in [-0.2, -0.15) is 8.42 Å². The second-order valence-corrected chi connectivity index (χ2v) is 9.46. The summed E-state index contributed by atoms with van der Waals surface area (Å²) < 4.78 is 34.2. The van der Waals surface area contributed by atoms with E-state index in [4.69, 9.17) is 8.92 Å². The highest BCUT2D eigenvalue weighted by Crippen LogP contribution is 2.60. The summed E-state index contributed by atoms with van der Waals surface area (Å²) in [4.78, 5) is 12.0. The molecule has 0 bridgehead atoms. The number of rotatable bonds is 2. The standard InChI is InChI=1S/C16H26O6S/c1-9-5-6-12(22-23(4,19)20)15(3)8-7-11-10(2)14(17)21-13(11)16(9,15)18/h9-13,18H,5-8H2,1-4H3/t9-,10+,11+,12-,13+,15+,16+/m1/s1. The first-order chi connectivity index (χ1) is 10.5. The van der Waals surface area contributed by atoms with Gasteiger partial charge >= 0.3 is 5.97 Å². The largest absolute Gasteiger partial charge is 0.459 e. The molecule has 1 saturated heterocycles. The molecule has 7 heteroatoms. The van der Waals surface area contributed by atoms with Gasteiger partial charge in [-0.05, 0) is 31.6 Å². The van der Waals surface area contributed by atoms with Crippen molar-refractivity contribution >= 4 is 16.1 Å². The fourth-order valence-electron chi connectivity index (χ4n) is 5.13. The minimum Gasteiger partial charge on any atom is -0.459 e. The third kappa shape index (κ3) is 2.35. The van der Waals surface area contributed by atoms with E-state index in [-0.39, 0.29) is 23.7 Å². The average Bonchev–Trinajstić information content (AvgIpc) is 2.73. The van der Waals surface area contributed by atoms with E-state index < -0.39 is 33.3 Å². The lowest BCUT2D eigenvalue weighted by Crippen LogP contribution is -2.69. The van der Waals surface area contributed by atoms with Crippen LogP contribution in [0.1, 0.15) is 46.5 Å². The zero-order valence-electron chi connectivity index (χ0n) is 14.1. The summed E-state index contributed by atoms with van der Waals surface area (Å²) in [6.07, 6.45) is 2.44. The van der Waals surface area contributed by atoms with Crippen molar-refractivity contribution < 1.29 is 27.2 Å². The number of hydrogen-bond donors (Lipinski definition) is 1. The van der Waals surface area contributed by atoms with Gasteiger partial charge in [0.2, 0.25) is 0 Å². The molecule has 2 saturated carbocycles. The monoisotopic (exact) mass is 346 g/mol. The predicted octanol–water partition coefficient (Wildman–Crippen LogP) is 1.47. The van der Waals surface area contributed by atoms with Crippen molar-refractivity contribution in [2.24, 2.45) is 23.2 Å². The first-order valence-corrected chi connectivity index (χ1v) is 10.1. The molecule has 6 nitrogen and oxygen atoms in total. The van der Waals surface area contributed by atoms with Gasteiger partial charge in [0.15, 0.2) is 0 Å². The van der Waals surface area contributed by atoms with Crippen LogP contribution in [0.3, 0.4) is 0 Å². The summed E-state index contributed by atoms with van der Waals surface area (Å²) in [6, 6.07) is 0. The van der Waals surface area contributed by atoms with Gasteiger partial charge < -0.3 is 9.84 Å². The molecule has 23 heavy (non-hydrogen) atoms. The Bertz CT molecular complexity index is 616. The Morgan fingerprint density at radius 3 is 2.52 bits per heavy atom. The molecule has 0 aromatic heterocycles. The Labute approximate surface area is 137 Å². The molecular formula is C16H26O6S. The molecule has 0 radical (unpaired) electrons. The number of esters is 1. The van der Waals surface area contributed by atoms with Crippen molar-refractivity contribution in [2.45, 2.75) is 64.3 Å². The van der Waals surface area contributed by atoms with Crippen molar-refractivity contribution in [3.63, 3.8) is 0 Å². The molecule has 1 heterocycles. The molecule has 3 fully saturated rings. The molecule has 2 aliphatic carbocycles. The minimum atomic E-state index is -3.62. The van der Waals surface area contributed by atoms with Crippen LogP contribution in [0.15, 0.2) is 0 Å². The van der Waals surface area contributed by atoms with Gasteiger partial charge in [0.1, 0.15) is 11.7 Å². The normalized spacial score (nSPS) is 50.1. The molecule has 0 amide bonds. The molecule has 0 spiro atoms. The van der Waals surface area contributed by atoms with E-state index in [0.29, 0.717) is 19.3 Å². The van der Waals surface area contributed by atoms with Crippen LogP contribution < -0.4 is 0 Å². The highest BCUT2D eigenvalue weighted by atomic mass is 32.2. The molecule has 0 aromatic rings. The van der Waals surface area contributed by atoms with E-state index in [2.05, 4.69) is 0 Å². The number of aliphatic hydroxyl groups is 1. The highest BCUT2D eigenvalue weighted by Gasteiger charge is 2.69. The van der Waals surface area contributed by atoms with Crippen LogP contribution in [0.2, 0.25) is 0 Å². The summed E-state index contributed by atoms with van der Waals surface area (Å²) in [5.74, 6) is -0.592. The molecular weight excluding hydrogens is 320 g/mol. The fraction of sp³-hybridized carbons (Fsp3) is 0.938. The lowest BCUT2D eigenvalue weighted by atomic mass is 9.49. The second-order valence-electron chi connectivity index (χ2n) is 7.86. The SMILES string of the molecule is C[C@@H]1C(=O)O[C@H]2[C@H]1CC[C@@]1(C)[C@H](OS(C)(=O)=O)CC[C@@H](C)[C@]21O. The first-order valence-electron chi connectivity index (χ1n) is 8.32. The minimum absolute atomic E-state index is 0.0139. The lowest BCUT2D eigenvalue weighted by Gasteiger charge is -2.60. The molecule has 3 rings (SSSR count). The Morgan fingerprint density at radius 2 is 1.91 bits per heavy atom. The lowest BCUT2D eigenvalue weighted by molar-refractivity contribution is -0.258. The van der Waals surface area contributed by atoms with Gasteiger partial charge in [-0.1, -0.05) is 20.8 Å². The summed E-state index contributed by atoms with van der Waals surface area (Å²) in [5.41, 5.74) is -2.01. The van der Waals surface area contributed by atoms with E-state index in [9.17, 15) is 18.3 Å². The summed E-state index contributed by atoms with van der Waals surface area (Å²) in [6.45, 7) is 5.68. The third-order valence-corrected chi connectivity index (χ3v) is 7.19.